The number of carbonyl (C=O) groups excluding carboxylic acids is 4. The van der Waals surface area contributed by atoms with Gasteiger partial charge in [-0.05, 0) is 124 Å². The number of piperazine rings is 1. The van der Waals surface area contributed by atoms with Gasteiger partial charge in [-0.3, -0.25) is 24.1 Å². The normalized spacial score (nSPS) is 21.3. The molecule has 4 amide bonds. The van der Waals surface area contributed by atoms with Crippen LogP contribution in [-0.4, -0.2) is 150 Å². The number of ether oxygens (including phenoxy) is 1. The van der Waals surface area contributed by atoms with Crippen LogP contribution in [-0.2, 0) is 32.0 Å². The van der Waals surface area contributed by atoms with Crippen LogP contribution in [0.3, 0.4) is 0 Å². The Morgan fingerprint density at radius 3 is 2.37 bits per heavy atom. The number of aromatic carboxylic acids is 1. The fourth-order valence-corrected chi connectivity index (χ4v) is 16.2. The molecule has 0 radical (unpaired) electrons. The van der Waals surface area contributed by atoms with Gasteiger partial charge in [0.05, 0.1) is 51.6 Å². The van der Waals surface area contributed by atoms with Crippen LogP contribution < -0.4 is 25.6 Å². The lowest BCUT2D eigenvalue weighted by molar-refractivity contribution is -0.158. The van der Waals surface area contributed by atoms with Crippen molar-refractivity contribution < 1.29 is 43.3 Å². The van der Waals surface area contributed by atoms with Gasteiger partial charge in [-0.2, -0.15) is 0 Å². The Labute approximate surface area is 540 Å². The van der Waals surface area contributed by atoms with Crippen molar-refractivity contribution in [3.8, 4) is 28.0 Å². The highest BCUT2D eigenvalue weighted by molar-refractivity contribution is 7.22. The number of carboxylic acids is 1. The maximum Gasteiger partial charge on any atom is 0.355 e. The molecule has 5 aliphatic rings. The van der Waals surface area contributed by atoms with Crippen LogP contribution in [0, 0.1) is 54.2 Å². The molecule has 2 saturated heterocycles. The Morgan fingerprint density at radius 2 is 1.66 bits per heavy atom. The number of aliphatic hydroxyl groups is 1. The molecule has 0 unspecified atom stereocenters. The van der Waals surface area contributed by atoms with Crippen molar-refractivity contribution in [1.29, 1.82) is 0 Å². The molecule has 3 aliphatic heterocycles. The molecular formula is C67H75FN12O8S3. The van der Waals surface area contributed by atoms with Crippen molar-refractivity contribution in [3.05, 3.63) is 117 Å². The molecule has 20 nitrogen and oxygen atoms in total. The number of fused-ring (bicyclic) bond motifs is 2. The van der Waals surface area contributed by atoms with Crippen LogP contribution in [0.25, 0.3) is 20.7 Å². The summed E-state index contributed by atoms with van der Waals surface area (Å²) in [7, 11) is 0. The number of β-amino-alcohol motifs (C(OH)–C–C–N with tert-alkyl or cyclic N) is 1. The van der Waals surface area contributed by atoms with E-state index >= 15 is 4.39 Å². The highest BCUT2D eigenvalue weighted by Crippen LogP contribution is 2.61. The van der Waals surface area contributed by atoms with Crippen molar-refractivity contribution in [3.63, 3.8) is 0 Å². The van der Waals surface area contributed by atoms with E-state index in [4.69, 9.17) is 4.74 Å². The molecule has 1 spiro atoms. The number of nitrogens with zero attached hydrogens (tertiary/aromatic N) is 9. The predicted molar refractivity (Wildman–Crippen MR) is 348 cm³/mol. The summed E-state index contributed by atoms with van der Waals surface area (Å²) in [6.45, 7) is 15.2. The van der Waals surface area contributed by atoms with E-state index in [9.17, 15) is 34.2 Å². The molecule has 4 atom stereocenters. The molecule has 3 aromatic carbocycles. The number of aryl methyl sites for hydroxylation is 2. The van der Waals surface area contributed by atoms with E-state index in [-0.39, 0.29) is 72.0 Å². The summed E-state index contributed by atoms with van der Waals surface area (Å²) in [5.41, 5.74) is 7.31. The third kappa shape index (κ3) is 13.7. The molecule has 4 fully saturated rings. The summed E-state index contributed by atoms with van der Waals surface area (Å²) in [6, 6.07) is 18.3. The lowest BCUT2D eigenvalue weighted by Gasteiger charge is -2.57. The van der Waals surface area contributed by atoms with E-state index in [0.29, 0.717) is 92.2 Å². The highest BCUT2D eigenvalue weighted by Gasteiger charge is 2.57. The van der Waals surface area contributed by atoms with Crippen molar-refractivity contribution >= 4 is 95.7 Å². The molecule has 12 rings (SSSR count). The summed E-state index contributed by atoms with van der Waals surface area (Å²) in [4.78, 5) is 90.9. The summed E-state index contributed by atoms with van der Waals surface area (Å²) in [6.07, 6.45) is 4.35. The van der Waals surface area contributed by atoms with Gasteiger partial charge < -0.3 is 45.6 Å². The Balaban J connectivity index is 0.559. The zero-order chi connectivity index (χ0) is 63.9. The molecule has 476 valence electrons. The van der Waals surface area contributed by atoms with Crippen molar-refractivity contribution in [2.45, 2.75) is 124 Å². The Hall–Kier alpha value is -7.95. The molecule has 5 N–H and O–H groups in total. The number of anilines is 4. The molecule has 2 aliphatic carbocycles. The van der Waals surface area contributed by atoms with Gasteiger partial charge in [-0.1, -0.05) is 80.3 Å². The van der Waals surface area contributed by atoms with E-state index < -0.39 is 41.3 Å². The third-order valence-electron chi connectivity index (χ3n) is 18.5. The number of benzene rings is 3. The van der Waals surface area contributed by atoms with E-state index in [1.165, 1.54) is 22.3 Å². The number of aromatic nitrogens is 5. The van der Waals surface area contributed by atoms with Gasteiger partial charge in [0.1, 0.15) is 12.1 Å². The molecular weight excluding hydrogens is 1220 g/mol. The average molecular weight is 1290 g/mol. The number of likely N-dealkylation sites (tertiary alicyclic amines) is 1. The summed E-state index contributed by atoms with van der Waals surface area (Å²) in [5.74, 6) is 4.68. The Kier molecular flexibility index (Phi) is 18.3. The minimum absolute atomic E-state index is 0.0117. The lowest BCUT2D eigenvalue weighted by atomic mass is 9.48. The van der Waals surface area contributed by atoms with Gasteiger partial charge in [0.2, 0.25) is 23.6 Å². The maximum absolute atomic E-state index is 15.3. The van der Waals surface area contributed by atoms with Crippen molar-refractivity contribution in [2.24, 2.45) is 22.7 Å². The smallest absolute Gasteiger partial charge is 0.355 e. The number of nitrogens with one attached hydrogen (secondary N) is 3. The summed E-state index contributed by atoms with van der Waals surface area (Å²) in [5, 5.41) is 40.8. The SMILES string of the molecule is Cc1ncsc1-c1ccc([C@H](C)NC(=O)[C@@H]2C[C@@H](O)CN2C(=O)[C@@H](NC(=O)C2CC3(C2)CC(C(=O)N2CCN(CC#Cc4ccc(OCCCc5sc(N6CCCc7c6nnc(Nc6nc8ccccc8s6)c7C)nc5C(=O)O)c(F)c4)CC2)C3)C(C)(C)C)cc1. The lowest BCUT2D eigenvalue weighted by Crippen LogP contribution is -2.61. The Morgan fingerprint density at radius 1 is 0.901 bits per heavy atom. The van der Waals surface area contributed by atoms with Crippen LogP contribution in [0.1, 0.15) is 122 Å². The monoisotopic (exact) mass is 1290 g/mol. The van der Waals surface area contributed by atoms with Gasteiger partial charge in [0.25, 0.3) is 0 Å². The van der Waals surface area contributed by atoms with E-state index in [1.807, 2.05) is 105 Å². The highest BCUT2D eigenvalue weighted by atomic mass is 32.1. The first-order valence-corrected chi connectivity index (χ1v) is 33.7. The first kappa shape index (κ1) is 63.2. The first-order chi connectivity index (χ1) is 43.7. The zero-order valence-corrected chi connectivity index (χ0v) is 54.3. The average Bonchev–Trinajstić information content (AvgIpc) is 1.33. The van der Waals surface area contributed by atoms with Gasteiger partial charge in [0, 0.05) is 79.1 Å². The Bertz CT molecular complexity index is 3930. The molecule has 91 heavy (non-hydrogen) atoms. The number of hydrogen-bond acceptors (Lipinski definition) is 18. The van der Waals surface area contributed by atoms with Crippen LogP contribution in [0.4, 0.5) is 26.3 Å². The minimum atomic E-state index is -1.13. The van der Waals surface area contributed by atoms with E-state index in [1.54, 1.807) is 34.8 Å². The number of halogens is 1. The second-order valence-electron chi connectivity index (χ2n) is 25.9. The van der Waals surface area contributed by atoms with Crippen LogP contribution in [0.15, 0.2) is 72.2 Å². The van der Waals surface area contributed by atoms with Crippen LogP contribution in [0.5, 0.6) is 5.75 Å². The predicted octanol–water partition coefficient (Wildman–Crippen LogP) is 9.63. The fraction of sp³-hybridized carbons (Fsp3) is 0.463. The molecule has 7 heterocycles. The molecule has 2 saturated carbocycles. The topological polar surface area (TPSA) is 249 Å². The van der Waals surface area contributed by atoms with Crippen LogP contribution >= 0.6 is 34.0 Å². The number of thiazole rings is 3. The number of rotatable bonds is 18. The first-order valence-electron chi connectivity index (χ1n) is 31.2. The standard InChI is InChI=1S/C67H75FN12O8S3/c1-38-47-13-10-24-79(58(47)76-75-57(38)74-64-71-49-14-7-8-15-52(49)90-64)65-72-54(63(86)87)53(91-65)16-11-29-88-51-22-17-41(30-48(51)68)12-9-23-77-25-27-78(28-26-77)61(84)45-34-67(35-45)32-44(33-67)59(82)73-56(66(4,5)6)62(85)80-36-46(81)31-50(80)60(83)70-39(2)42-18-20-43(21-19-42)55-40(3)69-37-89-55/h7-8,14-15,17-22,30,37,39,44-46,50,56,81H,10-11,13,16,23-29,31-36H2,1-6H3,(H,70,83)(H,73,82)(H,86,87)(H,71,74,75)/t39-,44?,45?,46+,50-,56+,67?/m0/s1. The molecule has 7 aromatic rings. The molecule has 4 aromatic heterocycles. The summed E-state index contributed by atoms with van der Waals surface area (Å²) < 4.78 is 22.2. The maximum atomic E-state index is 15.3. The van der Waals surface area contributed by atoms with Gasteiger partial charge >= 0.3 is 5.97 Å². The second kappa shape index (κ2) is 26.3. The van der Waals surface area contributed by atoms with Gasteiger partial charge in [-0.25, -0.2) is 24.1 Å². The largest absolute Gasteiger partial charge is 0.491 e. The van der Waals surface area contributed by atoms with Gasteiger partial charge in [-0.15, -0.1) is 32.9 Å². The number of hydrogen-bond donors (Lipinski definition) is 5. The fourth-order valence-electron chi connectivity index (χ4n) is 13.4. The molecule has 24 heteroatoms. The minimum Gasteiger partial charge on any atom is -0.491 e. The number of para-hydroxylation sites is 1. The second-order valence-corrected chi connectivity index (χ2v) is 28.9. The van der Waals surface area contributed by atoms with Gasteiger partial charge in [0.15, 0.2) is 39.2 Å². The number of carboxylic acid groups (broad SMARTS) is 1. The zero-order valence-electron chi connectivity index (χ0n) is 51.9. The summed E-state index contributed by atoms with van der Waals surface area (Å²) >= 11 is 4.42. The van der Waals surface area contributed by atoms with Crippen molar-refractivity contribution in [1.82, 2.24) is 50.5 Å². The van der Waals surface area contributed by atoms with Crippen molar-refractivity contribution in [2.75, 3.05) is 62.6 Å². The number of aliphatic hydroxyl groups excluding tert-OH is 1. The van der Waals surface area contributed by atoms with E-state index in [2.05, 4.69) is 57.8 Å². The van der Waals surface area contributed by atoms with E-state index in [0.717, 1.165) is 73.9 Å². The number of amides is 4. The number of carbonyl (C=O) groups is 5. The third-order valence-corrected chi connectivity index (χ3v) is 21.5. The molecule has 0 bridgehead atoms. The quantitative estimate of drug-likeness (QED) is 0.0396. The van der Waals surface area contributed by atoms with Crippen LogP contribution in [0.2, 0.25) is 0 Å².